The largest absolute Gasteiger partial charge is 0.352 e. The molecule has 25 heavy (non-hydrogen) atoms. The summed E-state index contributed by atoms with van der Waals surface area (Å²) in [5, 5.41) is 5.47. The smallest absolute Gasteiger partial charge is 0.217 e. The maximum absolute atomic E-state index is 10.6. The van der Waals surface area contributed by atoms with Gasteiger partial charge in [0.2, 0.25) is 11.8 Å². The summed E-state index contributed by atoms with van der Waals surface area (Å²) >= 11 is 0. The molecular weight excluding hydrogens is 312 g/mol. The Hall–Kier alpha value is -2.62. The third-order valence-corrected chi connectivity index (χ3v) is 3.01. The molecule has 136 valence electrons. The van der Waals surface area contributed by atoms with Crippen LogP contribution >= 0.6 is 0 Å². The third-order valence-electron chi connectivity index (χ3n) is 3.01. The van der Waals surface area contributed by atoms with Crippen LogP contribution in [0.3, 0.4) is 0 Å². The Bertz CT molecular complexity index is 625. The molecule has 0 spiro atoms. The summed E-state index contributed by atoms with van der Waals surface area (Å²) < 4.78 is 0. The molecule has 2 rings (SSSR count). The van der Waals surface area contributed by atoms with Gasteiger partial charge in [-0.25, -0.2) is 0 Å². The normalized spacial score (nSPS) is 8.84. The van der Waals surface area contributed by atoms with E-state index in [4.69, 9.17) is 0 Å². The summed E-state index contributed by atoms with van der Waals surface area (Å²) in [6.45, 7) is 10.3. The van der Waals surface area contributed by atoms with E-state index in [1.165, 1.54) is 19.4 Å². The molecule has 2 aromatic carbocycles. The lowest BCUT2D eigenvalue weighted by molar-refractivity contribution is -0.120. The van der Waals surface area contributed by atoms with Crippen molar-refractivity contribution in [3.8, 4) is 0 Å². The Labute approximate surface area is 151 Å². The molecule has 0 radical (unpaired) electrons. The van der Waals surface area contributed by atoms with Gasteiger partial charge in [0.15, 0.2) is 0 Å². The lowest BCUT2D eigenvalue weighted by Crippen LogP contribution is -2.18. The van der Waals surface area contributed by atoms with E-state index in [2.05, 4.69) is 16.7 Å². The molecule has 0 heterocycles. The van der Waals surface area contributed by atoms with Crippen molar-refractivity contribution in [3.05, 3.63) is 71.3 Å². The molecular formula is C21H30N2O2. The minimum Gasteiger partial charge on any atom is -0.352 e. The third kappa shape index (κ3) is 12.5. The molecule has 0 aliphatic heterocycles. The molecule has 2 amide bonds. The molecule has 2 aromatic rings. The quantitative estimate of drug-likeness (QED) is 0.883. The molecule has 0 bridgehead atoms. The van der Waals surface area contributed by atoms with Gasteiger partial charge in [0.05, 0.1) is 0 Å². The van der Waals surface area contributed by atoms with Gasteiger partial charge in [0, 0.05) is 26.9 Å². The molecule has 4 heteroatoms. The molecule has 0 aliphatic carbocycles. The number of rotatable bonds is 4. The lowest BCUT2D eigenvalue weighted by atomic mass is 10.1. The minimum atomic E-state index is 0.00820. The van der Waals surface area contributed by atoms with Gasteiger partial charge in [0.1, 0.15) is 0 Å². The topological polar surface area (TPSA) is 58.2 Å². The summed E-state index contributed by atoms with van der Waals surface area (Å²) in [6.07, 6.45) is 0. The molecule has 0 fully saturated rings. The van der Waals surface area contributed by atoms with Crippen LogP contribution in [0.2, 0.25) is 0 Å². The van der Waals surface area contributed by atoms with E-state index in [9.17, 15) is 9.59 Å². The van der Waals surface area contributed by atoms with Crippen LogP contribution in [-0.4, -0.2) is 11.8 Å². The number of benzene rings is 2. The highest BCUT2D eigenvalue weighted by atomic mass is 16.1. The van der Waals surface area contributed by atoms with Crippen LogP contribution in [-0.2, 0) is 22.7 Å². The van der Waals surface area contributed by atoms with Crippen molar-refractivity contribution in [2.75, 3.05) is 0 Å². The second kappa shape index (κ2) is 13.8. The Morgan fingerprint density at radius 3 is 1.72 bits per heavy atom. The SMILES string of the molecule is CC.CC(=O)NCc1cccc(C)c1.CC(=O)NCc1ccccc1. The summed E-state index contributed by atoms with van der Waals surface area (Å²) in [6, 6.07) is 17.9. The summed E-state index contributed by atoms with van der Waals surface area (Å²) in [4.78, 5) is 21.1. The van der Waals surface area contributed by atoms with Crippen LogP contribution in [0.25, 0.3) is 0 Å². The summed E-state index contributed by atoms with van der Waals surface area (Å²) in [5.74, 6) is 0.0189. The van der Waals surface area contributed by atoms with Crippen molar-refractivity contribution in [3.63, 3.8) is 0 Å². The first kappa shape index (κ1) is 22.4. The fourth-order valence-corrected chi connectivity index (χ4v) is 1.87. The van der Waals surface area contributed by atoms with Crippen molar-refractivity contribution < 1.29 is 9.59 Å². The van der Waals surface area contributed by atoms with Crippen LogP contribution in [0.1, 0.15) is 44.4 Å². The van der Waals surface area contributed by atoms with Crippen molar-refractivity contribution >= 4 is 11.8 Å². The Morgan fingerprint density at radius 1 is 0.760 bits per heavy atom. The fourth-order valence-electron chi connectivity index (χ4n) is 1.87. The summed E-state index contributed by atoms with van der Waals surface area (Å²) in [7, 11) is 0. The molecule has 4 nitrogen and oxygen atoms in total. The van der Waals surface area contributed by atoms with E-state index in [1.807, 2.05) is 69.3 Å². The van der Waals surface area contributed by atoms with Gasteiger partial charge in [-0.2, -0.15) is 0 Å². The number of nitrogens with one attached hydrogen (secondary N) is 2. The van der Waals surface area contributed by atoms with E-state index in [0.29, 0.717) is 13.1 Å². The van der Waals surface area contributed by atoms with Crippen molar-refractivity contribution in [2.45, 2.75) is 47.7 Å². The Balaban J connectivity index is 0.000000421. The number of hydrogen-bond donors (Lipinski definition) is 2. The lowest BCUT2D eigenvalue weighted by Gasteiger charge is -2.02. The van der Waals surface area contributed by atoms with E-state index in [-0.39, 0.29) is 11.8 Å². The van der Waals surface area contributed by atoms with Gasteiger partial charge in [0.25, 0.3) is 0 Å². The zero-order valence-corrected chi connectivity index (χ0v) is 15.9. The number of hydrogen-bond acceptors (Lipinski definition) is 2. The fraction of sp³-hybridized carbons (Fsp3) is 0.333. The average Bonchev–Trinajstić information content (AvgIpc) is 2.61. The Morgan fingerprint density at radius 2 is 1.24 bits per heavy atom. The predicted octanol–water partition coefficient (Wildman–Crippen LogP) is 3.98. The molecule has 0 aliphatic rings. The summed E-state index contributed by atoms with van der Waals surface area (Å²) in [5.41, 5.74) is 3.49. The highest BCUT2D eigenvalue weighted by molar-refractivity contribution is 5.73. The van der Waals surface area contributed by atoms with Crippen LogP contribution in [0.15, 0.2) is 54.6 Å². The number of carbonyl (C=O) groups is 2. The van der Waals surface area contributed by atoms with Crippen LogP contribution in [0, 0.1) is 6.92 Å². The minimum absolute atomic E-state index is 0.00820. The van der Waals surface area contributed by atoms with Gasteiger partial charge in [-0.05, 0) is 18.1 Å². The molecule has 0 atom stereocenters. The first-order valence-electron chi connectivity index (χ1n) is 8.55. The number of amides is 2. The predicted molar refractivity (Wildman–Crippen MR) is 104 cm³/mol. The Kier molecular flexibility index (Phi) is 12.3. The average molecular weight is 342 g/mol. The molecule has 0 saturated heterocycles. The zero-order valence-electron chi connectivity index (χ0n) is 15.9. The van der Waals surface area contributed by atoms with Crippen LogP contribution < -0.4 is 10.6 Å². The van der Waals surface area contributed by atoms with Crippen molar-refractivity contribution in [1.82, 2.24) is 10.6 Å². The second-order valence-electron chi connectivity index (χ2n) is 5.29. The molecule has 0 saturated carbocycles. The second-order valence-corrected chi connectivity index (χ2v) is 5.29. The van der Waals surface area contributed by atoms with Gasteiger partial charge < -0.3 is 10.6 Å². The maximum atomic E-state index is 10.6. The van der Waals surface area contributed by atoms with E-state index >= 15 is 0 Å². The van der Waals surface area contributed by atoms with Gasteiger partial charge in [-0.3, -0.25) is 9.59 Å². The van der Waals surface area contributed by atoms with Crippen LogP contribution in [0.5, 0.6) is 0 Å². The maximum Gasteiger partial charge on any atom is 0.217 e. The number of aryl methyl sites for hydroxylation is 1. The number of carbonyl (C=O) groups excluding carboxylic acids is 2. The van der Waals surface area contributed by atoms with Gasteiger partial charge in [-0.1, -0.05) is 74.0 Å². The van der Waals surface area contributed by atoms with E-state index in [0.717, 1.165) is 11.1 Å². The van der Waals surface area contributed by atoms with Crippen molar-refractivity contribution in [1.29, 1.82) is 0 Å². The van der Waals surface area contributed by atoms with E-state index in [1.54, 1.807) is 0 Å². The van der Waals surface area contributed by atoms with Crippen molar-refractivity contribution in [2.24, 2.45) is 0 Å². The standard InChI is InChI=1S/C10H13NO.C9H11NO.C2H6/c1-8-4-3-5-10(6-8)7-11-9(2)12;1-8(11)10-7-9-5-3-2-4-6-9;1-2/h3-6H,7H2,1-2H3,(H,11,12);2-6H,7H2,1H3,(H,10,11);1-2H3. The first-order chi connectivity index (χ1) is 12.0. The zero-order chi connectivity index (χ0) is 19.1. The first-order valence-corrected chi connectivity index (χ1v) is 8.55. The van der Waals surface area contributed by atoms with Gasteiger partial charge >= 0.3 is 0 Å². The molecule has 0 aromatic heterocycles. The monoisotopic (exact) mass is 342 g/mol. The van der Waals surface area contributed by atoms with E-state index < -0.39 is 0 Å². The van der Waals surface area contributed by atoms with Gasteiger partial charge in [-0.15, -0.1) is 0 Å². The molecule has 2 N–H and O–H groups in total. The highest BCUT2D eigenvalue weighted by Crippen LogP contribution is 2.02. The highest BCUT2D eigenvalue weighted by Gasteiger charge is 1.93. The molecule has 0 unspecified atom stereocenters. The van der Waals surface area contributed by atoms with Crippen LogP contribution in [0.4, 0.5) is 0 Å².